The summed E-state index contributed by atoms with van der Waals surface area (Å²) in [5, 5.41) is 3.30. The Labute approximate surface area is 119 Å². The molecule has 1 N–H and O–H groups in total. The van der Waals surface area contributed by atoms with Gasteiger partial charge < -0.3 is 10.1 Å². The highest BCUT2D eigenvalue weighted by molar-refractivity contribution is 4.90. The molecular formula is C16H32N2O. The minimum Gasteiger partial charge on any atom is -0.371 e. The lowest BCUT2D eigenvalue weighted by Crippen LogP contribution is -2.59. The molecule has 3 nitrogen and oxygen atoms in total. The van der Waals surface area contributed by atoms with Gasteiger partial charge >= 0.3 is 0 Å². The summed E-state index contributed by atoms with van der Waals surface area (Å²) in [6, 6.07) is 0.828. The highest BCUT2D eigenvalue weighted by Gasteiger charge is 2.32. The lowest BCUT2D eigenvalue weighted by molar-refractivity contribution is -0.0745. The summed E-state index contributed by atoms with van der Waals surface area (Å²) >= 11 is 0. The van der Waals surface area contributed by atoms with Crippen molar-refractivity contribution < 1.29 is 4.74 Å². The first-order valence-corrected chi connectivity index (χ1v) is 8.18. The van der Waals surface area contributed by atoms with Gasteiger partial charge in [-0.1, -0.05) is 26.7 Å². The molecule has 112 valence electrons. The van der Waals surface area contributed by atoms with Crippen molar-refractivity contribution in [3.63, 3.8) is 0 Å². The van der Waals surface area contributed by atoms with Crippen LogP contribution in [0, 0.1) is 5.92 Å². The highest BCUT2D eigenvalue weighted by Crippen LogP contribution is 2.24. The molecule has 1 aliphatic carbocycles. The smallest absolute Gasteiger partial charge is 0.0902 e. The first-order valence-electron chi connectivity index (χ1n) is 8.18. The Hall–Kier alpha value is -0.120. The Kier molecular flexibility index (Phi) is 5.67. The third-order valence-electron chi connectivity index (χ3n) is 4.66. The monoisotopic (exact) mass is 268 g/mol. The molecule has 0 bridgehead atoms. The van der Waals surface area contributed by atoms with E-state index in [-0.39, 0.29) is 5.60 Å². The van der Waals surface area contributed by atoms with Gasteiger partial charge in [0.15, 0.2) is 0 Å². The average Bonchev–Trinajstić information content (AvgIpc) is 2.84. The zero-order valence-corrected chi connectivity index (χ0v) is 13.1. The minimum atomic E-state index is 0.111. The Morgan fingerprint density at radius 1 is 1.21 bits per heavy atom. The van der Waals surface area contributed by atoms with Crippen LogP contribution in [0.5, 0.6) is 0 Å². The molecule has 2 fully saturated rings. The second kappa shape index (κ2) is 7.05. The second-order valence-corrected chi connectivity index (χ2v) is 7.06. The van der Waals surface area contributed by atoms with Crippen molar-refractivity contribution in [2.45, 2.75) is 64.5 Å². The maximum absolute atomic E-state index is 6.06. The molecule has 0 amide bonds. The van der Waals surface area contributed by atoms with E-state index < -0.39 is 0 Å². The van der Waals surface area contributed by atoms with Crippen molar-refractivity contribution in [3.8, 4) is 0 Å². The van der Waals surface area contributed by atoms with Crippen LogP contribution in [0.2, 0.25) is 0 Å². The van der Waals surface area contributed by atoms with Gasteiger partial charge in [-0.3, -0.25) is 4.90 Å². The van der Waals surface area contributed by atoms with Crippen molar-refractivity contribution in [1.82, 2.24) is 10.2 Å². The number of nitrogens with zero attached hydrogens (tertiary/aromatic N) is 1. The van der Waals surface area contributed by atoms with Crippen LogP contribution in [-0.2, 0) is 4.74 Å². The van der Waals surface area contributed by atoms with Crippen LogP contribution in [-0.4, -0.2) is 49.3 Å². The largest absolute Gasteiger partial charge is 0.371 e. The molecule has 0 radical (unpaired) electrons. The number of hydrogen-bond donors (Lipinski definition) is 1. The van der Waals surface area contributed by atoms with Crippen LogP contribution >= 0.6 is 0 Å². The SMILES string of the molecule is CC(C)CCN(CCOC1(C)CNC1)C1CCCC1. The zero-order valence-electron chi connectivity index (χ0n) is 13.1. The second-order valence-electron chi connectivity index (χ2n) is 7.06. The summed E-state index contributed by atoms with van der Waals surface area (Å²) in [7, 11) is 0. The van der Waals surface area contributed by atoms with Gasteiger partial charge in [-0.2, -0.15) is 0 Å². The first-order chi connectivity index (χ1) is 9.09. The average molecular weight is 268 g/mol. The van der Waals surface area contributed by atoms with Crippen molar-refractivity contribution in [2.75, 3.05) is 32.8 Å². The van der Waals surface area contributed by atoms with Gasteiger partial charge in [-0.15, -0.1) is 0 Å². The molecule has 1 saturated carbocycles. The van der Waals surface area contributed by atoms with Crippen LogP contribution < -0.4 is 5.32 Å². The predicted molar refractivity (Wildman–Crippen MR) is 80.5 cm³/mol. The van der Waals surface area contributed by atoms with Crippen LogP contribution in [0.3, 0.4) is 0 Å². The topological polar surface area (TPSA) is 24.5 Å². The molecule has 1 heterocycles. The summed E-state index contributed by atoms with van der Waals surface area (Å²) in [6.07, 6.45) is 6.96. The van der Waals surface area contributed by atoms with E-state index in [0.717, 1.165) is 38.2 Å². The number of ether oxygens (including phenoxy) is 1. The van der Waals surface area contributed by atoms with Gasteiger partial charge in [0.2, 0.25) is 0 Å². The first kappa shape index (κ1) is 15.3. The lowest BCUT2D eigenvalue weighted by atomic mass is 10.0. The van der Waals surface area contributed by atoms with Crippen LogP contribution in [0.25, 0.3) is 0 Å². The van der Waals surface area contributed by atoms with E-state index in [1.807, 2.05) is 0 Å². The summed E-state index contributed by atoms with van der Waals surface area (Å²) in [6.45, 7) is 12.2. The Morgan fingerprint density at radius 2 is 1.89 bits per heavy atom. The zero-order chi connectivity index (χ0) is 13.7. The number of rotatable bonds is 8. The van der Waals surface area contributed by atoms with Gasteiger partial charge in [-0.25, -0.2) is 0 Å². The molecular weight excluding hydrogens is 236 g/mol. The van der Waals surface area contributed by atoms with Gasteiger partial charge in [0.25, 0.3) is 0 Å². The van der Waals surface area contributed by atoms with Gasteiger partial charge in [0, 0.05) is 25.7 Å². The Bertz CT molecular complexity index is 257. The maximum atomic E-state index is 6.06. The number of hydrogen-bond acceptors (Lipinski definition) is 3. The molecule has 2 rings (SSSR count). The van der Waals surface area contributed by atoms with Gasteiger partial charge in [0.1, 0.15) is 0 Å². The fourth-order valence-corrected chi connectivity index (χ4v) is 3.16. The van der Waals surface area contributed by atoms with Crippen molar-refractivity contribution >= 4 is 0 Å². The van der Waals surface area contributed by atoms with E-state index in [9.17, 15) is 0 Å². The lowest BCUT2D eigenvalue weighted by Gasteiger charge is -2.40. The van der Waals surface area contributed by atoms with E-state index in [2.05, 4.69) is 31.0 Å². The molecule has 0 atom stereocenters. The Morgan fingerprint density at radius 3 is 2.42 bits per heavy atom. The molecule has 2 aliphatic rings. The van der Waals surface area contributed by atoms with Gasteiger partial charge in [0.05, 0.1) is 12.2 Å². The molecule has 0 aromatic heterocycles. The normalized spacial score (nSPS) is 23.2. The van der Waals surface area contributed by atoms with E-state index in [1.165, 1.54) is 38.6 Å². The molecule has 1 aliphatic heterocycles. The summed E-state index contributed by atoms with van der Waals surface area (Å²) in [4.78, 5) is 2.70. The van der Waals surface area contributed by atoms with Gasteiger partial charge in [-0.05, 0) is 38.6 Å². The maximum Gasteiger partial charge on any atom is 0.0902 e. The molecule has 0 unspecified atom stereocenters. The molecule has 19 heavy (non-hydrogen) atoms. The molecule has 0 aromatic rings. The van der Waals surface area contributed by atoms with Crippen LogP contribution in [0.4, 0.5) is 0 Å². The minimum absolute atomic E-state index is 0.111. The van der Waals surface area contributed by atoms with Crippen molar-refractivity contribution in [1.29, 1.82) is 0 Å². The fourth-order valence-electron chi connectivity index (χ4n) is 3.16. The highest BCUT2D eigenvalue weighted by atomic mass is 16.5. The molecule has 0 spiro atoms. The third-order valence-corrected chi connectivity index (χ3v) is 4.66. The predicted octanol–water partition coefficient (Wildman–Crippen LogP) is 2.66. The number of nitrogens with one attached hydrogen (secondary N) is 1. The van der Waals surface area contributed by atoms with E-state index in [0.29, 0.717) is 0 Å². The summed E-state index contributed by atoms with van der Waals surface area (Å²) < 4.78 is 6.06. The summed E-state index contributed by atoms with van der Waals surface area (Å²) in [5.74, 6) is 0.804. The van der Waals surface area contributed by atoms with E-state index in [1.54, 1.807) is 0 Å². The standard InChI is InChI=1S/C16H32N2O/c1-14(2)8-9-18(15-6-4-5-7-15)10-11-19-16(3)12-17-13-16/h14-15,17H,4-13H2,1-3H3. The molecule has 1 saturated heterocycles. The third kappa shape index (κ3) is 4.73. The van der Waals surface area contributed by atoms with Crippen LogP contribution in [0.15, 0.2) is 0 Å². The fraction of sp³-hybridized carbons (Fsp3) is 1.00. The van der Waals surface area contributed by atoms with Crippen molar-refractivity contribution in [3.05, 3.63) is 0 Å². The van der Waals surface area contributed by atoms with E-state index >= 15 is 0 Å². The van der Waals surface area contributed by atoms with Crippen LogP contribution in [0.1, 0.15) is 52.9 Å². The molecule has 3 heteroatoms. The Balaban J connectivity index is 1.72. The van der Waals surface area contributed by atoms with E-state index in [4.69, 9.17) is 4.74 Å². The van der Waals surface area contributed by atoms with Crippen molar-refractivity contribution in [2.24, 2.45) is 5.92 Å². The summed E-state index contributed by atoms with van der Waals surface area (Å²) in [5.41, 5.74) is 0.111. The quantitative estimate of drug-likeness (QED) is 0.732. The molecule has 0 aromatic carbocycles.